The summed E-state index contributed by atoms with van der Waals surface area (Å²) in [6.45, 7) is 3.30. The Balaban J connectivity index is 0.791. The fourth-order valence-electron chi connectivity index (χ4n) is 26.5. The molecule has 13 heteroatoms. The smallest absolute Gasteiger partial charge is 0.303 e. The van der Waals surface area contributed by atoms with Gasteiger partial charge in [0.1, 0.15) is 16.1 Å². The maximum atomic E-state index is 15.1. The van der Waals surface area contributed by atoms with Crippen molar-refractivity contribution in [2.45, 2.75) is 279 Å². The van der Waals surface area contributed by atoms with E-state index >= 15 is 4.79 Å². The zero-order valence-electron chi connectivity index (χ0n) is 54.6. The number of hydrogen-bond acceptors (Lipinski definition) is 12. The number of nitrogens with one attached hydrogen (secondary N) is 1. The highest BCUT2D eigenvalue weighted by atomic mass is 33.1. The Kier molecular flexibility index (Phi) is 15.8. The molecule has 0 aromatic heterocycles. The molecule has 1 saturated heterocycles. The van der Waals surface area contributed by atoms with Crippen LogP contribution < -0.4 is 15.8 Å². The molecular formula is C77H108N4O7S2. The van der Waals surface area contributed by atoms with Crippen LogP contribution in [0.2, 0.25) is 0 Å². The molecule has 90 heavy (non-hydrogen) atoms. The lowest BCUT2D eigenvalue weighted by Crippen LogP contribution is -2.56. The number of hydrogen-bond donors (Lipinski definition) is 5. The molecule has 6 N–H and O–H groups in total. The number of rotatable bonds is 5. The Morgan fingerprint density at radius 1 is 0.822 bits per heavy atom. The fraction of sp³-hybridized carbons (Fsp3) is 0.779. The SMILES string of the molecule is CC(=O)O[C@@]12CCc3cc(c(O)c4c3[C@H]3C=C[C@@]5(CCC[C@H]5C3)O4)CN3C[C@@]4(CC3=O)[C@H](CC[C@@H]4c3ccccc3)CN=C(N)N[C@]3(CCCC34CCCC4)SSC[C@H]3CC[C@@H](C[C@@]34CC[C@@]3(CC[C@@]5(CCC[C@@H]5CCCO)C3)C43CCCC3)[C@@H](CC1)[C@H](O)C2. The number of carbonyl (C=O) groups excluding carboxylic acids is 2. The Bertz CT molecular complexity index is 3120. The van der Waals surface area contributed by atoms with Gasteiger partial charge in [0, 0.05) is 85.6 Å². The van der Waals surface area contributed by atoms with E-state index in [1.54, 1.807) is 6.92 Å². The first kappa shape index (κ1) is 61.5. The molecule has 8 spiro atoms. The number of aliphatic imine (C=N–C) groups is 1. The van der Waals surface area contributed by atoms with E-state index in [9.17, 15) is 20.1 Å². The third-order valence-corrected chi connectivity index (χ3v) is 33.6. The molecule has 17 aliphatic rings. The van der Waals surface area contributed by atoms with Crippen molar-refractivity contribution in [3.05, 3.63) is 70.8 Å². The predicted octanol–water partition coefficient (Wildman–Crippen LogP) is 15.9. The number of guanidine groups is 1. The van der Waals surface area contributed by atoms with Gasteiger partial charge in [0.05, 0.1) is 6.10 Å². The van der Waals surface area contributed by atoms with E-state index < -0.39 is 17.3 Å². The maximum absolute atomic E-state index is 15.1. The summed E-state index contributed by atoms with van der Waals surface area (Å²) in [6.07, 6.45) is 44.3. The van der Waals surface area contributed by atoms with Crippen LogP contribution in [0.1, 0.15) is 266 Å². The standard InChI is InChI=1S/C77H108N4O7S2/c1-51(83)87-72-33-22-53-41-56(66(86)67-65(53)54-23-35-75(88-67)29-10-16-58(75)42-54)47-81-50-73(45-64(81)85)59(20-21-62(73)52-13-3-2-4-14-52)46-79-68(78)80-77(32-12-28-70(77)26-5-6-27-70)90-89-48-60-19-18-55(61(24-34-72)63(84)44-72)43-74(60)39-38-71(76(74)30-7-8-31-76)37-36-69(49-71)25-9-15-57(69)17-11-40-82/h2-4,13-14,23,35,41,54-55,57-63,82,84,86H,5-12,15-22,24-34,36-40,42-50H2,1H3,(H3,78,79,80)/t54-,55-,57+,58-,59+,60+,61+,62+,63+,69-,71+,72-,73-,74-,75+,77+/m0/s1. The Morgan fingerprint density at radius 2 is 1.62 bits per heavy atom. The van der Waals surface area contributed by atoms with Crippen molar-refractivity contribution >= 4 is 39.4 Å². The molecule has 11 nitrogen and oxygen atoms in total. The quantitative estimate of drug-likeness (QED) is 0.110. The number of phenolic OH excluding ortho intramolecular Hbond substituents is 1. The molecule has 11 aliphatic carbocycles. The lowest BCUT2D eigenvalue weighted by Gasteiger charge is -2.60. The van der Waals surface area contributed by atoms with E-state index in [2.05, 4.69) is 75.5 Å². The van der Waals surface area contributed by atoms with Crippen LogP contribution in [0.3, 0.4) is 0 Å². The molecule has 6 heterocycles. The first-order valence-corrected chi connectivity index (χ1v) is 39.4. The van der Waals surface area contributed by atoms with Crippen molar-refractivity contribution in [3.63, 3.8) is 0 Å². The van der Waals surface area contributed by atoms with E-state index in [1.807, 2.05) is 4.90 Å². The second-order valence-corrected chi connectivity index (χ2v) is 36.3. The average Bonchev–Trinajstić information content (AvgIpc) is 1.50. The van der Waals surface area contributed by atoms with Gasteiger partial charge in [-0.3, -0.25) is 14.6 Å². The van der Waals surface area contributed by atoms with Gasteiger partial charge in [-0.2, -0.15) is 0 Å². The number of nitrogens with zero attached hydrogens (tertiary/aromatic N) is 2. The number of ether oxygens (including phenoxy) is 2. The topological polar surface area (TPSA) is 167 Å². The minimum absolute atomic E-state index is 0.0789. The van der Waals surface area contributed by atoms with Gasteiger partial charge in [-0.05, 0) is 267 Å². The van der Waals surface area contributed by atoms with E-state index in [1.165, 1.54) is 140 Å². The summed E-state index contributed by atoms with van der Waals surface area (Å²) in [4.78, 5) is 36.0. The van der Waals surface area contributed by atoms with Crippen LogP contribution in [-0.2, 0) is 27.3 Å². The summed E-state index contributed by atoms with van der Waals surface area (Å²) in [5.74, 6) is 4.99. The van der Waals surface area contributed by atoms with E-state index in [4.69, 9.17) is 20.2 Å². The van der Waals surface area contributed by atoms with E-state index in [0.29, 0.717) is 91.1 Å². The van der Waals surface area contributed by atoms with E-state index in [0.717, 1.165) is 99.0 Å². The molecule has 10 saturated carbocycles. The van der Waals surface area contributed by atoms with Gasteiger partial charge in [-0.15, -0.1) is 0 Å². The average molecular weight is 1270 g/mol. The molecule has 2 aromatic carbocycles. The molecular weight excluding hydrogens is 1160 g/mol. The molecule has 19 rings (SSSR count). The minimum atomic E-state index is -0.834. The molecule has 16 atom stereocenters. The van der Waals surface area contributed by atoms with Crippen molar-refractivity contribution in [3.8, 4) is 11.5 Å². The van der Waals surface area contributed by atoms with Crippen LogP contribution >= 0.6 is 21.6 Å². The number of esters is 1. The van der Waals surface area contributed by atoms with Crippen molar-refractivity contribution in [2.75, 3.05) is 25.4 Å². The molecule has 0 unspecified atom stereocenters. The first-order valence-electron chi connectivity index (χ1n) is 37.1. The van der Waals surface area contributed by atoms with Gasteiger partial charge in [0.25, 0.3) is 0 Å². The van der Waals surface area contributed by atoms with Crippen molar-refractivity contribution in [2.24, 2.45) is 78.7 Å². The second-order valence-electron chi connectivity index (χ2n) is 33.6. The number of amides is 1. The Labute approximate surface area is 546 Å². The Hall–Kier alpha value is -3.39. The first-order chi connectivity index (χ1) is 43.6. The third kappa shape index (κ3) is 9.57. The van der Waals surface area contributed by atoms with Crippen molar-refractivity contribution in [1.82, 2.24) is 10.2 Å². The van der Waals surface area contributed by atoms with Gasteiger partial charge in [0.2, 0.25) is 5.91 Å². The largest absolute Gasteiger partial charge is 0.504 e. The van der Waals surface area contributed by atoms with Gasteiger partial charge in [-0.1, -0.05) is 90.1 Å². The zero-order valence-corrected chi connectivity index (χ0v) is 56.2. The molecule has 11 fully saturated rings. The van der Waals surface area contributed by atoms with Gasteiger partial charge >= 0.3 is 5.97 Å². The number of carbonyl (C=O) groups is 2. The third-order valence-electron chi connectivity index (χ3n) is 30.3. The zero-order chi connectivity index (χ0) is 61.4. The fourth-order valence-corrected chi connectivity index (χ4v) is 30.5. The summed E-state index contributed by atoms with van der Waals surface area (Å²) >= 11 is 0. The van der Waals surface area contributed by atoms with Crippen LogP contribution in [0.4, 0.5) is 0 Å². The van der Waals surface area contributed by atoms with Crippen molar-refractivity contribution < 1.29 is 34.4 Å². The highest BCUT2D eigenvalue weighted by Gasteiger charge is 2.73. The monoisotopic (exact) mass is 1260 g/mol. The molecule has 0 radical (unpaired) electrons. The molecule has 1 amide bonds. The maximum Gasteiger partial charge on any atom is 0.303 e. The number of benzene rings is 2. The summed E-state index contributed by atoms with van der Waals surface area (Å²) in [5, 5.41) is 40.4. The number of phenols is 1. The lowest BCUT2D eigenvalue weighted by molar-refractivity contribution is -0.173. The highest BCUT2D eigenvalue weighted by molar-refractivity contribution is 8.77. The van der Waals surface area contributed by atoms with Crippen LogP contribution in [0.25, 0.3) is 0 Å². The number of aryl methyl sites for hydroxylation is 1. The molecule has 10 bridgehead atoms. The predicted molar refractivity (Wildman–Crippen MR) is 359 cm³/mol. The van der Waals surface area contributed by atoms with Crippen molar-refractivity contribution in [1.29, 1.82) is 0 Å². The number of aliphatic hydroxyl groups excluding tert-OH is 2. The summed E-state index contributed by atoms with van der Waals surface area (Å²) < 4.78 is 14.0. The van der Waals surface area contributed by atoms with Crippen LogP contribution in [-0.4, -0.2) is 85.7 Å². The summed E-state index contributed by atoms with van der Waals surface area (Å²) in [6, 6.07) is 13.1. The number of nitrogens with two attached hydrogens (primary N) is 1. The molecule has 2 aromatic rings. The summed E-state index contributed by atoms with van der Waals surface area (Å²) in [7, 11) is 4.36. The number of aliphatic hydroxyl groups is 2. The highest BCUT2D eigenvalue weighted by Crippen LogP contribution is 2.82. The number of fused-ring (bicyclic) bond motifs is 2. The number of aromatic hydroxyl groups is 1. The summed E-state index contributed by atoms with van der Waals surface area (Å²) in [5.41, 5.74) is 11.4. The van der Waals surface area contributed by atoms with Crippen LogP contribution in [0.15, 0.2) is 53.5 Å². The second kappa shape index (κ2) is 23.2. The normalized spacial score (nSPS) is 43.2. The molecule has 490 valence electrons. The Morgan fingerprint density at radius 3 is 2.44 bits per heavy atom. The van der Waals surface area contributed by atoms with Gasteiger partial charge in [0.15, 0.2) is 17.5 Å². The van der Waals surface area contributed by atoms with Gasteiger partial charge < -0.3 is 40.7 Å². The molecule has 6 aliphatic heterocycles. The minimum Gasteiger partial charge on any atom is -0.504 e. The van der Waals surface area contributed by atoms with Crippen LogP contribution in [0.5, 0.6) is 11.5 Å². The van der Waals surface area contributed by atoms with Crippen LogP contribution in [0, 0.1) is 68.0 Å². The van der Waals surface area contributed by atoms with E-state index in [-0.39, 0.29) is 69.0 Å². The van der Waals surface area contributed by atoms with Gasteiger partial charge in [-0.25, -0.2) is 0 Å². The number of allylic oxidation sites excluding steroid dienone is 1. The lowest BCUT2D eigenvalue weighted by atomic mass is 9.45.